The fourth-order valence-electron chi connectivity index (χ4n) is 3.61. The van der Waals surface area contributed by atoms with E-state index in [1.807, 2.05) is 0 Å². The van der Waals surface area contributed by atoms with Gasteiger partial charge in [-0.25, -0.2) is 4.39 Å². The molecule has 0 bridgehead atoms. The Kier molecular flexibility index (Phi) is 7.63. The van der Waals surface area contributed by atoms with E-state index in [9.17, 15) is 32.9 Å². The summed E-state index contributed by atoms with van der Waals surface area (Å²) in [6.45, 7) is 0. The average Bonchev–Trinajstić information content (AvgIpc) is 2.89. The van der Waals surface area contributed by atoms with Crippen molar-refractivity contribution in [3.05, 3.63) is 128 Å². The number of benzene rings is 4. The molecule has 0 fully saturated rings. The zero-order chi connectivity index (χ0) is 28.3. The van der Waals surface area contributed by atoms with E-state index in [-0.39, 0.29) is 16.3 Å². The summed E-state index contributed by atoms with van der Waals surface area (Å²) >= 11 is 6.08. The number of ether oxygens (including phenoxy) is 1. The molecular weight excluding hydrogens is 544 g/mol. The van der Waals surface area contributed by atoms with Crippen LogP contribution in [0.15, 0.2) is 84.9 Å². The van der Waals surface area contributed by atoms with Gasteiger partial charge in [-0.3, -0.25) is 19.7 Å². The standard InChI is InChI=1S/C27H15ClF4N2O5/c28-21-9-5-4-8-17(21)24(35)18-11-12-19(25(23(18)29)39-16-6-2-1-3-7-16)26(36)33-15-10-13-22(34(37)38)20(14-15)27(30,31)32/h1-14H,(H,33,36). The first-order chi connectivity index (χ1) is 18.5. The Morgan fingerprint density at radius 1 is 0.872 bits per heavy atom. The van der Waals surface area contributed by atoms with Gasteiger partial charge in [-0.05, 0) is 48.5 Å². The first kappa shape index (κ1) is 27.3. The van der Waals surface area contributed by atoms with Crippen LogP contribution in [0.25, 0.3) is 0 Å². The number of halogens is 5. The molecule has 0 aliphatic heterocycles. The minimum Gasteiger partial charge on any atom is -0.453 e. The maximum absolute atomic E-state index is 15.8. The van der Waals surface area contributed by atoms with Crippen molar-refractivity contribution in [1.29, 1.82) is 0 Å². The minimum atomic E-state index is -5.09. The van der Waals surface area contributed by atoms with Crippen LogP contribution in [0.5, 0.6) is 11.5 Å². The van der Waals surface area contributed by atoms with Crippen molar-refractivity contribution in [2.45, 2.75) is 6.18 Å². The quantitative estimate of drug-likeness (QED) is 0.109. The second-order valence-corrected chi connectivity index (χ2v) is 8.38. The molecule has 0 saturated heterocycles. The van der Waals surface area contributed by atoms with E-state index in [4.69, 9.17) is 16.3 Å². The number of hydrogen-bond acceptors (Lipinski definition) is 5. The fraction of sp³-hybridized carbons (Fsp3) is 0.0370. The molecular formula is C27H15ClF4N2O5. The van der Waals surface area contributed by atoms with E-state index in [0.717, 1.165) is 18.2 Å². The summed E-state index contributed by atoms with van der Waals surface area (Å²) in [6, 6.07) is 17.6. The highest BCUT2D eigenvalue weighted by Gasteiger charge is 2.38. The van der Waals surface area contributed by atoms with E-state index in [0.29, 0.717) is 12.1 Å². The lowest BCUT2D eigenvalue weighted by Crippen LogP contribution is -2.17. The smallest absolute Gasteiger partial charge is 0.423 e. The Hall–Kier alpha value is -4.77. The summed E-state index contributed by atoms with van der Waals surface area (Å²) in [5, 5.41) is 13.2. The highest BCUT2D eigenvalue weighted by Crippen LogP contribution is 2.38. The molecule has 12 heteroatoms. The Morgan fingerprint density at radius 2 is 1.51 bits per heavy atom. The molecule has 0 heterocycles. The van der Waals surface area contributed by atoms with Gasteiger partial charge in [0.05, 0.1) is 21.1 Å². The van der Waals surface area contributed by atoms with Gasteiger partial charge < -0.3 is 10.1 Å². The average molecular weight is 559 g/mol. The number of ketones is 1. The molecule has 198 valence electrons. The number of nitrogens with one attached hydrogen (secondary N) is 1. The zero-order valence-electron chi connectivity index (χ0n) is 19.5. The molecule has 1 amide bonds. The normalized spacial score (nSPS) is 11.1. The number of rotatable bonds is 7. The molecule has 0 saturated carbocycles. The highest BCUT2D eigenvalue weighted by atomic mass is 35.5. The molecule has 7 nitrogen and oxygen atoms in total. The number of nitrogens with zero attached hydrogens (tertiary/aromatic N) is 1. The van der Waals surface area contributed by atoms with Crippen molar-refractivity contribution in [3.63, 3.8) is 0 Å². The van der Waals surface area contributed by atoms with Gasteiger partial charge in [0.2, 0.25) is 0 Å². The van der Waals surface area contributed by atoms with Gasteiger partial charge in [0.25, 0.3) is 11.6 Å². The molecule has 39 heavy (non-hydrogen) atoms. The number of amides is 1. The van der Waals surface area contributed by atoms with Gasteiger partial charge in [-0.2, -0.15) is 13.2 Å². The molecule has 0 radical (unpaired) electrons. The van der Waals surface area contributed by atoms with Crippen molar-refractivity contribution >= 4 is 34.7 Å². The van der Waals surface area contributed by atoms with Crippen LogP contribution in [-0.4, -0.2) is 16.6 Å². The van der Waals surface area contributed by atoms with Gasteiger partial charge in [0, 0.05) is 17.3 Å². The monoisotopic (exact) mass is 558 g/mol. The van der Waals surface area contributed by atoms with Gasteiger partial charge in [-0.15, -0.1) is 0 Å². The van der Waals surface area contributed by atoms with Crippen molar-refractivity contribution in [1.82, 2.24) is 0 Å². The Bertz CT molecular complexity index is 1590. The highest BCUT2D eigenvalue weighted by molar-refractivity contribution is 6.35. The minimum absolute atomic E-state index is 0.00788. The van der Waals surface area contributed by atoms with Gasteiger partial charge in [-0.1, -0.05) is 41.9 Å². The van der Waals surface area contributed by atoms with E-state index in [2.05, 4.69) is 5.32 Å². The Balaban J connectivity index is 1.77. The van der Waals surface area contributed by atoms with Crippen molar-refractivity contribution in [3.8, 4) is 11.5 Å². The summed E-state index contributed by atoms with van der Waals surface area (Å²) in [7, 11) is 0. The molecule has 0 aliphatic carbocycles. The lowest BCUT2D eigenvalue weighted by molar-refractivity contribution is -0.388. The molecule has 0 aliphatic rings. The number of para-hydroxylation sites is 1. The second-order valence-electron chi connectivity index (χ2n) is 7.97. The third-order valence-corrected chi connectivity index (χ3v) is 5.75. The van der Waals surface area contributed by atoms with Crippen LogP contribution in [0.1, 0.15) is 31.8 Å². The first-order valence-corrected chi connectivity index (χ1v) is 11.4. The van der Waals surface area contributed by atoms with Gasteiger partial charge >= 0.3 is 6.18 Å². The van der Waals surface area contributed by atoms with Crippen LogP contribution in [0, 0.1) is 15.9 Å². The van der Waals surface area contributed by atoms with E-state index in [1.165, 1.54) is 30.3 Å². The molecule has 1 N–H and O–H groups in total. The lowest BCUT2D eigenvalue weighted by Gasteiger charge is -2.15. The molecule has 0 spiro atoms. The number of nitro benzene ring substituents is 1. The maximum atomic E-state index is 15.8. The number of hydrogen-bond donors (Lipinski definition) is 1. The number of carbonyl (C=O) groups is 2. The maximum Gasteiger partial charge on any atom is 0.423 e. The number of alkyl halides is 3. The summed E-state index contributed by atoms with van der Waals surface area (Å²) in [5.74, 6) is -3.68. The second kappa shape index (κ2) is 10.9. The number of nitro groups is 1. The topological polar surface area (TPSA) is 98.5 Å². The van der Waals surface area contributed by atoms with Crippen LogP contribution in [0.2, 0.25) is 5.02 Å². The Morgan fingerprint density at radius 3 is 2.15 bits per heavy atom. The molecule has 4 aromatic carbocycles. The fourth-order valence-corrected chi connectivity index (χ4v) is 3.83. The van der Waals surface area contributed by atoms with Crippen molar-refractivity contribution < 1.29 is 36.8 Å². The largest absolute Gasteiger partial charge is 0.453 e. The summed E-state index contributed by atoms with van der Waals surface area (Å²) in [5.41, 5.74) is -4.18. The van der Waals surface area contributed by atoms with Gasteiger partial charge in [0.15, 0.2) is 17.3 Å². The van der Waals surface area contributed by atoms with Crippen molar-refractivity contribution in [2.24, 2.45) is 0 Å². The predicted octanol–water partition coefficient (Wildman–Crippen LogP) is 7.68. The summed E-state index contributed by atoms with van der Waals surface area (Å²) in [6.07, 6.45) is -5.09. The third kappa shape index (κ3) is 5.88. The summed E-state index contributed by atoms with van der Waals surface area (Å²) < 4.78 is 61.5. The third-order valence-electron chi connectivity index (χ3n) is 5.42. The van der Waals surface area contributed by atoms with Gasteiger partial charge in [0.1, 0.15) is 11.3 Å². The number of carbonyl (C=O) groups excluding carboxylic acids is 2. The Labute approximate surface area is 222 Å². The molecule has 4 rings (SSSR count). The van der Waals surface area contributed by atoms with Crippen LogP contribution in [-0.2, 0) is 6.18 Å². The first-order valence-electron chi connectivity index (χ1n) is 11.0. The van der Waals surface area contributed by atoms with E-state index in [1.54, 1.807) is 24.3 Å². The van der Waals surface area contributed by atoms with E-state index >= 15 is 4.39 Å². The zero-order valence-corrected chi connectivity index (χ0v) is 20.2. The molecule has 0 atom stereocenters. The van der Waals surface area contributed by atoms with Crippen LogP contribution < -0.4 is 10.1 Å². The van der Waals surface area contributed by atoms with E-state index < -0.39 is 62.4 Å². The SMILES string of the molecule is O=C(c1ccccc1Cl)c1ccc(C(=O)Nc2ccc([N+](=O)[O-])c(C(F)(F)F)c2)c(Oc2ccccc2)c1F. The van der Waals surface area contributed by atoms with Crippen molar-refractivity contribution in [2.75, 3.05) is 5.32 Å². The summed E-state index contributed by atoms with van der Waals surface area (Å²) in [4.78, 5) is 35.9. The van der Waals surface area contributed by atoms with Crippen LogP contribution in [0.3, 0.4) is 0 Å². The molecule has 4 aromatic rings. The lowest BCUT2D eigenvalue weighted by atomic mass is 10.00. The predicted molar refractivity (Wildman–Crippen MR) is 134 cm³/mol. The van der Waals surface area contributed by atoms with Crippen LogP contribution >= 0.6 is 11.6 Å². The molecule has 0 unspecified atom stereocenters. The molecule has 0 aromatic heterocycles. The van der Waals surface area contributed by atoms with Crippen LogP contribution in [0.4, 0.5) is 28.9 Å². The number of anilines is 1.